The van der Waals surface area contributed by atoms with E-state index in [9.17, 15) is 9.59 Å². The standard InChI is InChI=1S/C14H18N2O3/c15-9-14(5-6-14)13(19)16-7-4-10-2-1-3-11(8-10)12(17)18/h1-3,8H,4-7,9,15H2,(H,16,19)(H,17,18). The van der Waals surface area contributed by atoms with Gasteiger partial charge in [0.15, 0.2) is 0 Å². The molecular weight excluding hydrogens is 244 g/mol. The monoisotopic (exact) mass is 262 g/mol. The molecule has 0 radical (unpaired) electrons. The van der Waals surface area contributed by atoms with E-state index in [1.807, 2.05) is 6.07 Å². The molecule has 1 aromatic carbocycles. The summed E-state index contributed by atoms with van der Waals surface area (Å²) in [6.07, 6.45) is 2.35. The Kier molecular flexibility index (Phi) is 3.85. The Balaban J connectivity index is 1.84. The quantitative estimate of drug-likeness (QED) is 0.706. The summed E-state index contributed by atoms with van der Waals surface area (Å²) in [5, 5.41) is 11.8. The number of nitrogens with two attached hydrogens (primary N) is 1. The minimum atomic E-state index is -0.939. The Labute approximate surface area is 111 Å². The third kappa shape index (κ3) is 3.12. The van der Waals surface area contributed by atoms with E-state index in [-0.39, 0.29) is 16.9 Å². The second-order valence-corrected chi connectivity index (χ2v) is 5.00. The number of aromatic carboxylic acids is 1. The molecule has 1 saturated carbocycles. The van der Waals surface area contributed by atoms with Crippen molar-refractivity contribution in [3.05, 3.63) is 35.4 Å². The molecule has 2 rings (SSSR count). The molecule has 0 spiro atoms. The molecule has 102 valence electrons. The van der Waals surface area contributed by atoms with Gasteiger partial charge in [-0.05, 0) is 37.0 Å². The van der Waals surface area contributed by atoms with E-state index in [1.165, 1.54) is 0 Å². The fraction of sp³-hybridized carbons (Fsp3) is 0.429. The Morgan fingerprint density at radius 1 is 1.37 bits per heavy atom. The van der Waals surface area contributed by atoms with Crippen molar-refractivity contribution in [2.24, 2.45) is 11.1 Å². The van der Waals surface area contributed by atoms with E-state index < -0.39 is 5.97 Å². The molecule has 0 saturated heterocycles. The Morgan fingerprint density at radius 3 is 2.68 bits per heavy atom. The van der Waals surface area contributed by atoms with Gasteiger partial charge in [-0.15, -0.1) is 0 Å². The number of rotatable bonds is 6. The minimum absolute atomic E-state index is 0.0180. The van der Waals surface area contributed by atoms with Crippen LogP contribution in [0.15, 0.2) is 24.3 Å². The van der Waals surface area contributed by atoms with Crippen molar-refractivity contribution < 1.29 is 14.7 Å². The normalized spacial score (nSPS) is 15.8. The first-order valence-corrected chi connectivity index (χ1v) is 6.38. The first kappa shape index (κ1) is 13.5. The lowest BCUT2D eigenvalue weighted by Crippen LogP contribution is -2.37. The Hall–Kier alpha value is -1.88. The van der Waals surface area contributed by atoms with Gasteiger partial charge in [0.2, 0.25) is 5.91 Å². The summed E-state index contributed by atoms with van der Waals surface area (Å²) >= 11 is 0. The summed E-state index contributed by atoms with van der Waals surface area (Å²) in [6, 6.07) is 6.75. The topological polar surface area (TPSA) is 92.4 Å². The molecular formula is C14H18N2O3. The van der Waals surface area contributed by atoms with Crippen LogP contribution in [-0.2, 0) is 11.2 Å². The molecule has 0 unspecified atom stereocenters. The largest absolute Gasteiger partial charge is 0.478 e. The van der Waals surface area contributed by atoms with E-state index >= 15 is 0 Å². The van der Waals surface area contributed by atoms with Crippen molar-refractivity contribution in [1.82, 2.24) is 5.32 Å². The molecule has 0 aromatic heterocycles. The molecule has 1 aromatic rings. The molecule has 1 amide bonds. The minimum Gasteiger partial charge on any atom is -0.478 e. The van der Waals surface area contributed by atoms with E-state index in [0.29, 0.717) is 19.5 Å². The van der Waals surface area contributed by atoms with Gasteiger partial charge in [-0.1, -0.05) is 12.1 Å². The summed E-state index contributed by atoms with van der Waals surface area (Å²) in [5.74, 6) is -0.921. The first-order valence-electron chi connectivity index (χ1n) is 6.38. The average molecular weight is 262 g/mol. The number of carbonyl (C=O) groups excluding carboxylic acids is 1. The van der Waals surface area contributed by atoms with Crippen LogP contribution in [0.4, 0.5) is 0 Å². The number of benzene rings is 1. The molecule has 1 aliphatic rings. The van der Waals surface area contributed by atoms with Crippen LogP contribution < -0.4 is 11.1 Å². The zero-order valence-corrected chi connectivity index (χ0v) is 10.7. The van der Waals surface area contributed by atoms with Gasteiger partial charge in [0.1, 0.15) is 0 Å². The highest BCUT2D eigenvalue weighted by molar-refractivity contribution is 5.87. The number of carboxylic acids is 1. The maximum atomic E-state index is 11.8. The molecule has 0 bridgehead atoms. The molecule has 1 aliphatic carbocycles. The highest BCUT2D eigenvalue weighted by Crippen LogP contribution is 2.44. The molecule has 0 heterocycles. The number of hydrogen-bond acceptors (Lipinski definition) is 3. The van der Waals surface area contributed by atoms with Crippen LogP contribution in [-0.4, -0.2) is 30.1 Å². The van der Waals surface area contributed by atoms with Crippen molar-refractivity contribution in [1.29, 1.82) is 0 Å². The second kappa shape index (κ2) is 5.40. The van der Waals surface area contributed by atoms with Crippen molar-refractivity contribution in [3.8, 4) is 0 Å². The first-order chi connectivity index (χ1) is 9.07. The number of amides is 1. The summed E-state index contributed by atoms with van der Waals surface area (Å²) in [7, 11) is 0. The summed E-state index contributed by atoms with van der Waals surface area (Å²) in [4.78, 5) is 22.7. The fourth-order valence-corrected chi connectivity index (χ4v) is 2.04. The lowest BCUT2D eigenvalue weighted by atomic mass is 10.1. The molecule has 5 heteroatoms. The van der Waals surface area contributed by atoms with Gasteiger partial charge in [-0.2, -0.15) is 0 Å². The average Bonchev–Trinajstić information content (AvgIpc) is 3.20. The zero-order valence-electron chi connectivity index (χ0n) is 10.7. The predicted molar refractivity (Wildman–Crippen MR) is 70.8 cm³/mol. The van der Waals surface area contributed by atoms with Gasteiger partial charge in [0, 0.05) is 13.1 Å². The lowest BCUT2D eigenvalue weighted by Gasteiger charge is -2.12. The lowest BCUT2D eigenvalue weighted by molar-refractivity contribution is -0.125. The third-order valence-corrected chi connectivity index (χ3v) is 3.60. The van der Waals surface area contributed by atoms with Gasteiger partial charge in [-0.3, -0.25) is 4.79 Å². The van der Waals surface area contributed by atoms with E-state index in [1.54, 1.807) is 18.2 Å². The third-order valence-electron chi connectivity index (χ3n) is 3.60. The Bertz CT molecular complexity index is 495. The van der Waals surface area contributed by atoms with E-state index in [2.05, 4.69) is 5.32 Å². The van der Waals surface area contributed by atoms with Gasteiger partial charge in [0.05, 0.1) is 11.0 Å². The number of carbonyl (C=O) groups is 2. The second-order valence-electron chi connectivity index (χ2n) is 5.00. The number of nitrogens with one attached hydrogen (secondary N) is 1. The molecule has 4 N–H and O–H groups in total. The smallest absolute Gasteiger partial charge is 0.335 e. The molecule has 19 heavy (non-hydrogen) atoms. The Morgan fingerprint density at radius 2 is 2.11 bits per heavy atom. The number of hydrogen-bond donors (Lipinski definition) is 3. The van der Waals surface area contributed by atoms with E-state index in [0.717, 1.165) is 18.4 Å². The molecule has 0 aliphatic heterocycles. The fourth-order valence-electron chi connectivity index (χ4n) is 2.04. The zero-order chi connectivity index (χ0) is 13.9. The molecule has 0 atom stereocenters. The highest BCUT2D eigenvalue weighted by atomic mass is 16.4. The van der Waals surface area contributed by atoms with Crippen LogP contribution in [0.5, 0.6) is 0 Å². The highest BCUT2D eigenvalue weighted by Gasteiger charge is 2.48. The van der Waals surface area contributed by atoms with Crippen LogP contribution >= 0.6 is 0 Å². The van der Waals surface area contributed by atoms with Gasteiger partial charge < -0.3 is 16.2 Å². The van der Waals surface area contributed by atoms with Crippen molar-refractivity contribution in [3.63, 3.8) is 0 Å². The summed E-state index contributed by atoms with van der Waals surface area (Å²) in [5.41, 5.74) is 6.42. The van der Waals surface area contributed by atoms with Crippen LogP contribution in [0.1, 0.15) is 28.8 Å². The van der Waals surface area contributed by atoms with Gasteiger partial charge in [-0.25, -0.2) is 4.79 Å². The van der Waals surface area contributed by atoms with Crippen LogP contribution in [0.25, 0.3) is 0 Å². The van der Waals surface area contributed by atoms with Crippen LogP contribution in [0, 0.1) is 5.41 Å². The molecule has 1 fully saturated rings. The predicted octanol–water partition coefficient (Wildman–Crippen LogP) is 0.782. The SMILES string of the molecule is NCC1(C(=O)NCCc2cccc(C(=O)O)c2)CC1. The van der Waals surface area contributed by atoms with Crippen molar-refractivity contribution in [2.45, 2.75) is 19.3 Å². The van der Waals surface area contributed by atoms with Gasteiger partial charge >= 0.3 is 5.97 Å². The number of carboxylic acid groups (broad SMARTS) is 1. The van der Waals surface area contributed by atoms with Crippen LogP contribution in [0.2, 0.25) is 0 Å². The van der Waals surface area contributed by atoms with Crippen molar-refractivity contribution in [2.75, 3.05) is 13.1 Å². The van der Waals surface area contributed by atoms with Crippen LogP contribution in [0.3, 0.4) is 0 Å². The summed E-state index contributed by atoms with van der Waals surface area (Å²) in [6.45, 7) is 0.900. The summed E-state index contributed by atoms with van der Waals surface area (Å²) < 4.78 is 0. The van der Waals surface area contributed by atoms with Crippen molar-refractivity contribution >= 4 is 11.9 Å². The maximum Gasteiger partial charge on any atom is 0.335 e. The van der Waals surface area contributed by atoms with E-state index in [4.69, 9.17) is 10.8 Å². The maximum absolute atomic E-state index is 11.8. The molecule has 5 nitrogen and oxygen atoms in total. The van der Waals surface area contributed by atoms with Gasteiger partial charge in [0.25, 0.3) is 0 Å².